The Hall–Kier alpha value is -1.79. The first-order chi connectivity index (χ1) is 7.47. The van der Waals surface area contributed by atoms with E-state index in [1.807, 2.05) is 0 Å². The van der Waals surface area contributed by atoms with Crippen molar-refractivity contribution in [1.82, 2.24) is 10.6 Å². The molecule has 0 heterocycles. The molecule has 2 amide bonds. The third kappa shape index (κ3) is 6.63. The van der Waals surface area contributed by atoms with Crippen LogP contribution in [0.25, 0.3) is 0 Å². The Morgan fingerprint density at radius 3 is 2.44 bits per heavy atom. The number of amides is 2. The van der Waals surface area contributed by atoms with E-state index in [2.05, 4.69) is 15.4 Å². The van der Waals surface area contributed by atoms with Crippen molar-refractivity contribution >= 4 is 18.0 Å². The number of carbonyl (C=O) groups is 3. The maximum absolute atomic E-state index is 10.7. The number of rotatable bonds is 6. The number of carboxylic acids is 1. The zero-order chi connectivity index (χ0) is 12.6. The highest BCUT2D eigenvalue weighted by molar-refractivity contribution is 5.81. The molecule has 0 rings (SSSR count). The summed E-state index contributed by atoms with van der Waals surface area (Å²) in [6.07, 6.45) is 0.122. The van der Waals surface area contributed by atoms with Crippen LogP contribution in [0.4, 0.5) is 4.79 Å². The Labute approximate surface area is 93.2 Å². The summed E-state index contributed by atoms with van der Waals surface area (Å²) in [5.41, 5.74) is 0. The van der Waals surface area contributed by atoms with Crippen molar-refractivity contribution in [2.45, 2.75) is 25.8 Å². The second-order valence-electron chi connectivity index (χ2n) is 3.15. The molecule has 0 radical (unpaired) electrons. The van der Waals surface area contributed by atoms with Crippen LogP contribution in [0.5, 0.6) is 0 Å². The van der Waals surface area contributed by atoms with Crippen molar-refractivity contribution in [1.29, 1.82) is 0 Å². The topological polar surface area (TPSA) is 105 Å². The predicted octanol–water partition coefficient (Wildman–Crippen LogP) is -0.288. The molecule has 0 aromatic heterocycles. The van der Waals surface area contributed by atoms with E-state index in [1.165, 1.54) is 14.0 Å². The normalized spacial score (nSPS) is 11.4. The summed E-state index contributed by atoms with van der Waals surface area (Å²) >= 11 is 0. The van der Waals surface area contributed by atoms with Crippen molar-refractivity contribution in [3.05, 3.63) is 0 Å². The van der Waals surface area contributed by atoms with E-state index in [0.717, 1.165) is 0 Å². The second kappa shape index (κ2) is 7.49. The molecule has 3 N–H and O–H groups in total. The highest BCUT2D eigenvalue weighted by Crippen LogP contribution is 1.97. The SMILES string of the molecule is COC(=O)NCCCC(NC(C)=O)C(=O)O. The molecule has 0 aromatic carbocycles. The van der Waals surface area contributed by atoms with Gasteiger partial charge in [0.15, 0.2) is 0 Å². The minimum atomic E-state index is -1.09. The quantitative estimate of drug-likeness (QED) is 0.546. The summed E-state index contributed by atoms with van der Waals surface area (Å²) in [6, 6.07) is -0.919. The summed E-state index contributed by atoms with van der Waals surface area (Å²) in [5, 5.41) is 13.5. The van der Waals surface area contributed by atoms with Gasteiger partial charge in [-0.1, -0.05) is 0 Å². The van der Waals surface area contributed by atoms with Gasteiger partial charge in [-0.3, -0.25) is 4.79 Å². The first-order valence-corrected chi connectivity index (χ1v) is 4.79. The lowest BCUT2D eigenvalue weighted by molar-refractivity contribution is -0.141. The van der Waals surface area contributed by atoms with Crippen LogP contribution in [0.1, 0.15) is 19.8 Å². The summed E-state index contributed by atoms with van der Waals surface area (Å²) < 4.78 is 4.33. The maximum Gasteiger partial charge on any atom is 0.406 e. The number of hydrogen-bond donors (Lipinski definition) is 3. The Morgan fingerprint density at radius 2 is 2.00 bits per heavy atom. The van der Waals surface area contributed by atoms with E-state index >= 15 is 0 Å². The number of hydrogen-bond acceptors (Lipinski definition) is 4. The lowest BCUT2D eigenvalue weighted by atomic mass is 10.1. The molecule has 0 fully saturated rings. The maximum atomic E-state index is 10.7. The Kier molecular flexibility index (Phi) is 6.66. The van der Waals surface area contributed by atoms with E-state index in [4.69, 9.17) is 5.11 Å². The summed E-state index contributed by atoms with van der Waals surface area (Å²) in [4.78, 5) is 32.0. The van der Waals surface area contributed by atoms with Crippen LogP contribution in [-0.2, 0) is 14.3 Å². The zero-order valence-corrected chi connectivity index (χ0v) is 9.28. The molecule has 0 aliphatic rings. The molecule has 0 saturated heterocycles. The number of carboxylic acid groups (broad SMARTS) is 1. The van der Waals surface area contributed by atoms with Gasteiger partial charge in [0.1, 0.15) is 6.04 Å². The van der Waals surface area contributed by atoms with Gasteiger partial charge >= 0.3 is 12.1 Å². The minimum absolute atomic E-state index is 0.249. The first kappa shape index (κ1) is 14.2. The van der Waals surface area contributed by atoms with Gasteiger partial charge in [0.2, 0.25) is 5.91 Å². The molecule has 1 unspecified atom stereocenters. The van der Waals surface area contributed by atoms with Crippen LogP contribution >= 0.6 is 0 Å². The number of alkyl carbamates (subject to hydrolysis) is 1. The van der Waals surface area contributed by atoms with Crippen LogP contribution in [-0.4, -0.2) is 42.8 Å². The Bertz CT molecular complexity index is 267. The molecular weight excluding hydrogens is 216 g/mol. The highest BCUT2D eigenvalue weighted by atomic mass is 16.5. The largest absolute Gasteiger partial charge is 0.480 e. The molecule has 0 bridgehead atoms. The van der Waals surface area contributed by atoms with Gasteiger partial charge in [-0.2, -0.15) is 0 Å². The highest BCUT2D eigenvalue weighted by Gasteiger charge is 2.17. The van der Waals surface area contributed by atoms with E-state index in [-0.39, 0.29) is 6.42 Å². The van der Waals surface area contributed by atoms with Gasteiger partial charge in [0, 0.05) is 13.5 Å². The predicted molar refractivity (Wildman–Crippen MR) is 54.9 cm³/mol. The van der Waals surface area contributed by atoms with Crippen LogP contribution in [0.2, 0.25) is 0 Å². The van der Waals surface area contributed by atoms with Gasteiger partial charge in [0.25, 0.3) is 0 Å². The molecule has 0 aliphatic carbocycles. The van der Waals surface area contributed by atoms with Crippen molar-refractivity contribution in [3.63, 3.8) is 0 Å². The molecule has 7 heteroatoms. The van der Waals surface area contributed by atoms with Crippen molar-refractivity contribution in [2.75, 3.05) is 13.7 Å². The van der Waals surface area contributed by atoms with Gasteiger partial charge in [-0.25, -0.2) is 9.59 Å². The molecule has 0 saturated carbocycles. The van der Waals surface area contributed by atoms with Gasteiger partial charge in [0.05, 0.1) is 7.11 Å². The first-order valence-electron chi connectivity index (χ1n) is 4.79. The third-order valence-electron chi connectivity index (χ3n) is 1.80. The van der Waals surface area contributed by atoms with Crippen LogP contribution in [0, 0.1) is 0 Å². The monoisotopic (exact) mass is 232 g/mol. The van der Waals surface area contributed by atoms with Gasteiger partial charge < -0.3 is 20.5 Å². The van der Waals surface area contributed by atoms with Gasteiger partial charge in [-0.15, -0.1) is 0 Å². The number of ether oxygens (including phenoxy) is 1. The molecule has 1 atom stereocenters. The third-order valence-corrected chi connectivity index (χ3v) is 1.80. The second-order valence-corrected chi connectivity index (χ2v) is 3.15. The number of methoxy groups -OCH3 is 1. The summed E-state index contributed by atoms with van der Waals surface area (Å²) in [7, 11) is 1.24. The Balaban J connectivity index is 3.81. The number of carbonyl (C=O) groups excluding carboxylic acids is 2. The average molecular weight is 232 g/mol. The smallest absolute Gasteiger partial charge is 0.406 e. The molecule has 0 aromatic rings. The standard InChI is InChI=1S/C9H16N2O5/c1-6(12)11-7(8(13)14)4-3-5-10-9(15)16-2/h7H,3-5H2,1-2H3,(H,10,15)(H,11,12)(H,13,14). The van der Waals surface area contributed by atoms with E-state index < -0.39 is 24.0 Å². The van der Waals surface area contributed by atoms with Crippen molar-refractivity contribution in [2.24, 2.45) is 0 Å². The zero-order valence-electron chi connectivity index (χ0n) is 9.28. The lowest BCUT2D eigenvalue weighted by Gasteiger charge is -2.12. The fourth-order valence-electron chi connectivity index (χ4n) is 1.07. The van der Waals surface area contributed by atoms with E-state index in [9.17, 15) is 14.4 Å². The van der Waals surface area contributed by atoms with E-state index in [0.29, 0.717) is 13.0 Å². The average Bonchev–Trinajstić information content (AvgIpc) is 2.21. The minimum Gasteiger partial charge on any atom is -0.480 e. The van der Waals surface area contributed by atoms with Crippen LogP contribution in [0.15, 0.2) is 0 Å². The summed E-state index contributed by atoms with van der Waals surface area (Å²) in [6.45, 7) is 1.55. The fraction of sp³-hybridized carbons (Fsp3) is 0.667. The molecule has 16 heavy (non-hydrogen) atoms. The molecule has 7 nitrogen and oxygen atoms in total. The molecule has 0 aliphatic heterocycles. The Morgan fingerprint density at radius 1 is 1.38 bits per heavy atom. The lowest BCUT2D eigenvalue weighted by Crippen LogP contribution is -2.40. The van der Waals surface area contributed by atoms with Crippen molar-refractivity contribution < 1.29 is 24.2 Å². The van der Waals surface area contributed by atoms with Crippen LogP contribution in [0.3, 0.4) is 0 Å². The molecular formula is C9H16N2O5. The van der Waals surface area contributed by atoms with E-state index in [1.54, 1.807) is 0 Å². The fourth-order valence-corrected chi connectivity index (χ4v) is 1.07. The van der Waals surface area contributed by atoms with Crippen LogP contribution < -0.4 is 10.6 Å². The molecule has 92 valence electrons. The van der Waals surface area contributed by atoms with Gasteiger partial charge in [-0.05, 0) is 12.8 Å². The summed E-state index contributed by atoms with van der Waals surface area (Å²) in [5.74, 6) is -1.48. The molecule has 0 spiro atoms. The number of nitrogens with one attached hydrogen (secondary N) is 2. The van der Waals surface area contributed by atoms with Crippen molar-refractivity contribution in [3.8, 4) is 0 Å². The number of aliphatic carboxylic acids is 1.